The molecule has 0 aromatic carbocycles. The monoisotopic (exact) mass is 401 g/mol. The van der Waals surface area contributed by atoms with Crippen molar-refractivity contribution >= 4 is 16.7 Å². The SMILES string of the molecule is C=C1C(C)=CC(c2nc3ccc(OC(C)C)nc3n2C(C)c2ccccn2)=CN1C. The van der Waals surface area contributed by atoms with Crippen molar-refractivity contribution in [2.45, 2.75) is 39.8 Å². The van der Waals surface area contributed by atoms with Gasteiger partial charge in [0.25, 0.3) is 0 Å². The van der Waals surface area contributed by atoms with Gasteiger partial charge in [-0.15, -0.1) is 0 Å². The molecule has 30 heavy (non-hydrogen) atoms. The fourth-order valence-electron chi connectivity index (χ4n) is 3.63. The summed E-state index contributed by atoms with van der Waals surface area (Å²) in [4.78, 5) is 16.3. The summed E-state index contributed by atoms with van der Waals surface area (Å²) in [6.07, 6.45) is 6.04. The third-order valence-corrected chi connectivity index (χ3v) is 5.22. The van der Waals surface area contributed by atoms with Crippen LogP contribution in [0.5, 0.6) is 5.88 Å². The zero-order valence-electron chi connectivity index (χ0n) is 18.1. The summed E-state index contributed by atoms with van der Waals surface area (Å²) in [7, 11) is 2.00. The highest BCUT2D eigenvalue weighted by Crippen LogP contribution is 2.33. The van der Waals surface area contributed by atoms with Gasteiger partial charge in [-0.2, -0.15) is 4.98 Å². The topological polar surface area (TPSA) is 56.1 Å². The second kappa shape index (κ2) is 7.78. The van der Waals surface area contributed by atoms with E-state index in [-0.39, 0.29) is 12.1 Å². The summed E-state index contributed by atoms with van der Waals surface area (Å²) in [5, 5.41) is 0. The summed E-state index contributed by atoms with van der Waals surface area (Å²) in [5.74, 6) is 1.43. The molecule has 0 amide bonds. The van der Waals surface area contributed by atoms with Gasteiger partial charge in [0.1, 0.15) is 11.3 Å². The minimum absolute atomic E-state index is 0.0466. The lowest BCUT2D eigenvalue weighted by Gasteiger charge is -2.25. The zero-order chi connectivity index (χ0) is 21.4. The smallest absolute Gasteiger partial charge is 0.215 e. The van der Waals surface area contributed by atoms with Crippen LogP contribution in [0.2, 0.25) is 0 Å². The van der Waals surface area contributed by atoms with Crippen molar-refractivity contribution in [3.8, 4) is 5.88 Å². The van der Waals surface area contributed by atoms with Crippen LogP contribution in [0.25, 0.3) is 16.7 Å². The molecule has 154 valence electrons. The fraction of sp³-hybridized carbons (Fsp3) is 0.292. The Balaban J connectivity index is 1.93. The van der Waals surface area contributed by atoms with Gasteiger partial charge >= 0.3 is 0 Å². The summed E-state index contributed by atoms with van der Waals surface area (Å²) in [5.41, 5.74) is 5.64. The van der Waals surface area contributed by atoms with Gasteiger partial charge in [0.05, 0.1) is 17.8 Å². The molecule has 6 nitrogen and oxygen atoms in total. The number of aromatic nitrogens is 4. The first-order valence-electron chi connectivity index (χ1n) is 10.1. The number of rotatable bonds is 5. The molecule has 1 atom stereocenters. The minimum Gasteiger partial charge on any atom is -0.475 e. The molecule has 0 radical (unpaired) electrons. The molecule has 4 heterocycles. The predicted molar refractivity (Wildman–Crippen MR) is 120 cm³/mol. The Hall–Kier alpha value is -3.41. The highest BCUT2D eigenvalue weighted by molar-refractivity contribution is 5.81. The molecule has 0 saturated carbocycles. The van der Waals surface area contributed by atoms with Gasteiger partial charge in [0.15, 0.2) is 5.65 Å². The van der Waals surface area contributed by atoms with Crippen molar-refractivity contribution in [2.75, 3.05) is 7.05 Å². The largest absolute Gasteiger partial charge is 0.475 e. The Kier molecular flexibility index (Phi) is 5.16. The van der Waals surface area contributed by atoms with Crippen LogP contribution in [0, 0.1) is 0 Å². The maximum atomic E-state index is 5.85. The van der Waals surface area contributed by atoms with E-state index in [2.05, 4.69) is 42.3 Å². The van der Waals surface area contributed by atoms with Crippen molar-refractivity contribution in [3.05, 3.63) is 78.2 Å². The first kappa shape index (κ1) is 19.9. The average Bonchev–Trinajstić information content (AvgIpc) is 3.10. The molecular formula is C24H27N5O. The van der Waals surface area contributed by atoms with E-state index in [9.17, 15) is 0 Å². The molecule has 6 heteroatoms. The molecule has 0 bridgehead atoms. The van der Waals surface area contributed by atoms with Gasteiger partial charge in [-0.25, -0.2) is 4.98 Å². The highest BCUT2D eigenvalue weighted by atomic mass is 16.5. The molecular weight excluding hydrogens is 374 g/mol. The first-order valence-corrected chi connectivity index (χ1v) is 10.1. The van der Waals surface area contributed by atoms with E-state index in [1.54, 1.807) is 0 Å². The molecule has 0 spiro atoms. The van der Waals surface area contributed by atoms with Gasteiger partial charge in [-0.3, -0.25) is 9.55 Å². The van der Waals surface area contributed by atoms with Gasteiger partial charge in [-0.1, -0.05) is 12.6 Å². The van der Waals surface area contributed by atoms with Crippen LogP contribution >= 0.6 is 0 Å². The van der Waals surface area contributed by atoms with Crippen molar-refractivity contribution in [1.82, 2.24) is 24.4 Å². The quantitative estimate of drug-likeness (QED) is 0.604. The van der Waals surface area contributed by atoms with E-state index in [0.717, 1.165) is 39.5 Å². The number of pyridine rings is 2. The van der Waals surface area contributed by atoms with E-state index in [1.807, 2.05) is 62.3 Å². The molecule has 0 saturated heterocycles. The summed E-state index contributed by atoms with van der Waals surface area (Å²) in [6.45, 7) is 12.3. The number of imidazole rings is 1. The summed E-state index contributed by atoms with van der Waals surface area (Å²) >= 11 is 0. The van der Waals surface area contributed by atoms with Crippen LogP contribution in [0.3, 0.4) is 0 Å². The van der Waals surface area contributed by atoms with Crippen LogP contribution in [0.4, 0.5) is 0 Å². The van der Waals surface area contributed by atoms with Gasteiger partial charge in [0.2, 0.25) is 5.88 Å². The number of hydrogen-bond donors (Lipinski definition) is 0. The standard InChI is InChI=1S/C24H27N5O/c1-15(2)30-22-11-10-21-24(27-22)29(18(5)20-9-7-8-12-25-20)23(26-21)19-13-16(3)17(4)28(6)14-19/h7-15,18H,4H2,1-3,5-6H3. The molecule has 4 rings (SSSR count). The number of nitrogens with zero attached hydrogens (tertiary/aromatic N) is 5. The van der Waals surface area contributed by atoms with Crippen molar-refractivity contribution in [2.24, 2.45) is 0 Å². The summed E-state index contributed by atoms with van der Waals surface area (Å²) in [6, 6.07) is 9.73. The van der Waals surface area contributed by atoms with Crippen LogP contribution in [-0.4, -0.2) is 37.6 Å². The molecule has 1 aliphatic heterocycles. The first-order chi connectivity index (χ1) is 14.3. The molecule has 1 aliphatic rings. The Morgan fingerprint density at radius 1 is 1.07 bits per heavy atom. The number of allylic oxidation sites excluding steroid dienone is 3. The lowest BCUT2D eigenvalue weighted by molar-refractivity contribution is 0.233. The lowest BCUT2D eigenvalue weighted by Crippen LogP contribution is -2.17. The van der Waals surface area contributed by atoms with E-state index in [4.69, 9.17) is 14.7 Å². The van der Waals surface area contributed by atoms with Crippen LogP contribution in [-0.2, 0) is 0 Å². The second-order valence-electron chi connectivity index (χ2n) is 7.86. The average molecular weight is 402 g/mol. The summed E-state index contributed by atoms with van der Waals surface area (Å²) < 4.78 is 7.99. The number of hydrogen-bond acceptors (Lipinski definition) is 5. The van der Waals surface area contributed by atoms with Gasteiger partial charge < -0.3 is 9.64 Å². The second-order valence-corrected chi connectivity index (χ2v) is 7.86. The molecule has 3 aromatic rings. The highest BCUT2D eigenvalue weighted by Gasteiger charge is 2.23. The van der Waals surface area contributed by atoms with Crippen LogP contribution in [0.15, 0.2) is 66.7 Å². The van der Waals surface area contributed by atoms with Crippen molar-refractivity contribution in [1.29, 1.82) is 0 Å². The van der Waals surface area contributed by atoms with Crippen LogP contribution < -0.4 is 4.74 Å². The minimum atomic E-state index is -0.0574. The van der Waals surface area contributed by atoms with E-state index >= 15 is 0 Å². The zero-order valence-corrected chi connectivity index (χ0v) is 18.1. The molecule has 0 aliphatic carbocycles. The number of fused-ring (bicyclic) bond motifs is 1. The van der Waals surface area contributed by atoms with Crippen LogP contribution in [0.1, 0.15) is 45.3 Å². The molecule has 0 fully saturated rings. The Morgan fingerprint density at radius 3 is 2.53 bits per heavy atom. The molecule has 0 N–H and O–H groups in total. The van der Waals surface area contributed by atoms with Crippen molar-refractivity contribution in [3.63, 3.8) is 0 Å². The van der Waals surface area contributed by atoms with Gasteiger partial charge in [0, 0.05) is 36.8 Å². The number of likely N-dealkylation sites (N-methyl/N-ethyl adjacent to an activating group) is 1. The molecule has 3 aromatic heterocycles. The predicted octanol–water partition coefficient (Wildman–Crippen LogP) is 4.97. The Morgan fingerprint density at radius 2 is 1.87 bits per heavy atom. The maximum Gasteiger partial charge on any atom is 0.215 e. The normalized spacial score (nSPS) is 15.4. The Bertz CT molecular complexity index is 1160. The van der Waals surface area contributed by atoms with E-state index < -0.39 is 0 Å². The fourth-order valence-corrected chi connectivity index (χ4v) is 3.63. The maximum absolute atomic E-state index is 5.85. The van der Waals surface area contributed by atoms with E-state index in [1.165, 1.54) is 0 Å². The molecule has 1 unspecified atom stereocenters. The Labute approximate surface area is 177 Å². The third-order valence-electron chi connectivity index (χ3n) is 5.22. The van der Waals surface area contributed by atoms with E-state index in [0.29, 0.717) is 5.88 Å². The third kappa shape index (κ3) is 3.61. The van der Waals surface area contributed by atoms with Gasteiger partial charge in [-0.05, 0) is 57.5 Å². The lowest BCUT2D eigenvalue weighted by atomic mass is 10.1. The number of ether oxygens (including phenoxy) is 1. The van der Waals surface area contributed by atoms with Crippen molar-refractivity contribution < 1.29 is 4.74 Å².